The highest BCUT2D eigenvalue weighted by Crippen LogP contribution is 2.44. The van der Waals surface area contributed by atoms with E-state index < -0.39 is 0 Å². The second-order valence-electron chi connectivity index (χ2n) is 7.36. The normalized spacial score (nSPS) is 14.6. The van der Waals surface area contributed by atoms with E-state index in [2.05, 4.69) is 44.5 Å². The molecule has 1 N–H and O–H groups in total. The van der Waals surface area contributed by atoms with Crippen molar-refractivity contribution in [3.8, 4) is 6.07 Å². The average molecular weight is 340 g/mol. The Morgan fingerprint density at radius 1 is 1.27 bits per heavy atom. The lowest BCUT2D eigenvalue weighted by Gasteiger charge is -2.33. The molecule has 26 heavy (non-hydrogen) atoms. The molecule has 1 aliphatic carbocycles. The molecule has 0 fully saturated rings. The third-order valence-corrected chi connectivity index (χ3v) is 5.58. The van der Waals surface area contributed by atoms with Crippen LogP contribution in [0.15, 0.2) is 36.9 Å². The Morgan fingerprint density at radius 3 is 2.69 bits per heavy atom. The van der Waals surface area contributed by atoms with Crippen molar-refractivity contribution in [2.24, 2.45) is 0 Å². The number of carbonyl (C=O) groups excluding carboxylic acids is 1. The van der Waals surface area contributed by atoms with Crippen molar-refractivity contribution in [1.82, 2.24) is 4.98 Å². The van der Waals surface area contributed by atoms with E-state index in [4.69, 9.17) is 0 Å². The number of fused-ring (bicyclic) bond motifs is 4. The molecule has 128 valence electrons. The average Bonchev–Trinajstić information content (AvgIpc) is 3.05. The van der Waals surface area contributed by atoms with Gasteiger partial charge >= 0.3 is 0 Å². The largest absolute Gasteiger partial charge is 0.357 e. The van der Waals surface area contributed by atoms with E-state index in [9.17, 15) is 10.1 Å². The quantitative estimate of drug-likeness (QED) is 0.704. The van der Waals surface area contributed by atoms with Crippen molar-refractivity contribution in [2.45, 2.75) is 32.6 Å². The van der Waals surface area contributed by atoms with Crippen LogP contribution in [0.4, 0.5) is 0 Å². The van der Waals surface area contributed by atoms with Crippen LogP contribution in [0.2, 0.25) is 0 Å². The Morgan fingerprint density at radius 2 is 2.04 bits per heavy atom. The number of benzene rings is 2. The Bertz CT molecular complexity index is 1140. The molecule has 3 aromatic rings. The number of ketones is 1. The molecule has 0 saturated heterocycles. The third kappa shape index (κ3) is 2.02. The van der Waals surface area contributed by atoms with Crippen LogP contribution in [0.1, 0.15) is 64.6 Å². The Balaban J connectivity index is 2.07. The predicted molar refractivity (Wildman–Crippen MR) is 104 cm³/mol. The fraction of sp³-hybridized carbons (Fsp3) is 0.217. The van der Waals surface area contributed by atoms with E-state index >= 15 is 0 Å². The molecule has 0 unspecified atom stereocenters. The lowest BCUT2D eigenvalue weighted by molar-refractivity contribution is 0.103. The molecule has 4 rings (SSSR count). The number of nitrogens with one attached hydrogen (secondary N) is 1. The molecule has 0 saturated carbocycles. The van der Waals surface area contributed by atoms with Gasteiger partial charge in [0.15, 0.2) is 5.78 Å². The maximum Gasteiger partial charge on any atom is 0.195 e. The van der Waals surface area contributed by atoms with Gasteiger partial charge in [0, 0.05) is 27.6 Å². The Hall–Kier alpha value is -3.12. The number of H-pyrrole nitrogens is 1. The van der Waals surface area contributed by atoms with Crippen molar-refractivity contribution in [1.29, 1.82) is 5.26 Å². The minimum absolute atomic E-state index is 0.0515. The zero-order valence-electron chi connectivity index (χ0n) is 15.2. The molecule has 3 heteroatoms. The van der Waals surface area contributed by atoms with Gasteiger partial charge in [-0.3, -0.25) is 4.79 Å². The van der Waals surface area contributed by atoms with Crippen molar-refractivity contribution < 1.29 is 4.79 Å². The summed E-state index contributed by atoms with van der Waals surface area (Å²) in [5, 5.41) is 10.1. The number of aromatic amines is 1. The van der Waals surface area contributed by atoms with E-state index in [1.54, 1.807) is 6.07 Å². The number of aromatic nitrogens is 1. The second-order valence-corrected chi connectivity index (χ2v) is 7.36. The molecule has 2 aromatic carbocycles. The lowest BCUT2D eigenvalue weighted by atomic mass is 9.70. The van der Waals surface area contributed by atoms with Gasteiger partial charge in [0.25, 0.3) is 0 Å². The number of nitrogens with zero attached hydrogens (tertiary/aromatic N) is 1. The van der Waals surface area contributed by atoms with E-state index in [-0.39, 0.29) is 11.2 Å². The minimum atomic E-state index is -0.339. The molecule has 0 amide bonds. The summed E-state index contributed by atoms with van der Waals surface area (Å²) in [5.74, 6) is 0.0515. The van der Waals surface area contributed by atoms with Gasteiger partial charge in [-0.25, -0.2) is 0 Å². The second kappa shape index (κ2) is 5.44. The molecule has 1 heterocycles. The monoisotopic (exact) mass is 340 g/mol. The Labute approximate surface area is 153 Å². The molecule has 0 spiro atoms. The molecule has 3 nitrogen and oxygen atoms in total. The molecular formula is C23H20N2O. The van der Waals surface area contributed by atoms with Crippen molar-refractivity contribution >= 4 is 22.8 Å². The van der Waals surface area contributed by atoms with E-state index in [0.717, 1.165) is 50.8 Å². The lowest BCUT2D eigenvalue weighted by Crippen LogP contribution is -2.30. The maximum atomic E-state index is 13.4. The number of hydrogen-bond donors (Lipinski definition) is 1. The van der Waals surface area contributed by atoms with Gasteiger partial charge in [-0.05, 0) is 47.4 Å². The van der Waals surface area contributed by atoms with Gasteiger partial charge in [-0.1, -0.05) is 39.5 Å². The van der Waals surface area contributed by atoms with Gasteiger partial charge in [0.2, 0.25) is 0 Å². The van der Waals surface area contributed by atoms with Crippen molar-refractivity contribution in [3.05, 3.63) is 76.0 Å². The van der Waals surface area contributed by atoms with E-state index in [1.807, 2.05) is 24.3 Å². The molecule has 1 aliphatic rings. The third-order valence-electron chi connectivity index (χ3n) is 5.58. The highest BCUT2D eigenvalue weighted by Gasteiger charge is 2.40. The minimum Gasteiger partial charge on any atom is -0.357 e. The van der Waals surface area contributed by atoms with Gasteiger partial charge < -0.3 is 4.98 Å². The number of hydrogen-bond acceptors (Lipinski definition) is 2. The summed E-state index contributed by atoms with van der Waals surface area (Å²) in [6, 6.07) is 11.8. The molecule has 0 aliphatic heterocycles. The van der Waals surface area contributed by atoms with Crippen LogP contribution in [-0.4, -0.2) is 10.8 Å². The SMILES string of the molecule is C=Cc1cc2c(cc1CC)C(=O)c1c([nH]c3cc(C#N)ccc13)C2(C)C. The molecule has 0 bridgehead atoms. The first-order valence-electron chi connectivity index (χ1n) is 8.83. The highest BCUT2D eigenvalue weighted by molar-refractivity contribution is 6.20. The number of rotatable bonds is 2. The van der Waals surface area contributed by atoms with Gasteiger partial charge in [-0.15, -0.1) is 0 Å². The summed E-state index contributed by atoms with van der Waals surface area (Å²) in [4.78, 5) is 16.8. The van der Waals surface area contributed by atoms with Crippen molar-refractivity contribution in [3.63, 3.8) is 0 Å². The highest BCUT2D eigenvalue weighted by atomic mass is 16.1. The fourth-order valence-electron chi connectivity index (χ4n) is 4.10. The summed E-state index contributed by atoms with van der Waals surface area (Å²) in [6.45, 7) is 10.3. The first-order valence-corrected chi connectivity index (χ1v) is 8.83. The number of nitriles is 1. The Kier molecular flexibility index (Phi) is 3.42. The van der Waals surface area contributed by atoms with E-state index in [1.165, 1.54) is 0 Å². The van der Waals surface area contributed by atoms with Crippen LogP contribution >= 0.6 is 0 Å². The summed E-state index contributed by atoms with van der Waals surface area (Å²) in [5.41, 5.74) is 6.74. The van der Waals surface area contributed by atoms with Crippen LogP contribution < -0.4 is 0 Å². The summed E-state index contributed by atoms with van der Waals surface area (Å²) < 4.78 is 0. The van der Waals surface area contributed by atoms with Crippen molar-refractivity contribution in [2.75, 3.05) is 0 Å². The summed E-state index contributed by atoms with van der Waals surface area (Å²) in [7, 11) is 0. The first kappa shape index (κ1) is 16.4. The smallest absolute Gasteiger partial charge is 0.195 e. The topological polar surface area (TPSA) is 56.6 Å². The zero-order chi connectivity index (χ0) is 18.6. The van der Waals surface area contributed by atoms with Crippen LogP contribution in [0.5, 0.6) is 0 Å². The summed E-state index contributed by atoms with van der Waals surface area (Å²) in [6.07, 6.45) is 2.72. The summed E-state index contributed by atoms with van der Waals surface area (Å²) >= 11 is 0. The molecule has 0 radical (unpaired) electrons. The van der Waals surface area contributed by atoms with Crippen LogP contribution in [0, 0.1) is 11.3 Å². The fourth-order valence-corrected chi connectivity index (χ4v) is 4.10. The van der Waals surface area contributed by atoms with E-state index in [0.29, 0.717) is 5.56 Å². The zero-order valence-corrected chi connectivity index (χ0v) is 15.2. The standard InChI is InChI=1S/C23H20N2O/c1-5-14-10-17-18(11-15(14)6-2)23(3,4)22-20(21(17)26)16-8-7-13(12-24)9-19(16)25-22/h6-11,25H,2,5H2,1,3-4H3. The van der Waals surface area contributed by atoms with Gasteiger partial charge in [0.1, 0.15) is 0 Å². The van der Waals surface area contributed by atoms with Gasteiger partial charge in [0.05, 0.1) is 17.2 Å². The molecule has 1 aromatic heterocycles. The molecule has 0 atom stereocenters. The van der Waals surface area contributed by atoms with Crippen LogP contribution in [-0.2, 0) is 11.8 Å². The van der Waals surface area contributed by atoms with Gasteiger partial charge in [-0.2, -0.15) is 5.26 Å². The van der Waals surface area contributed by atoms with Crippen LogP contribution in [0.3, 0.4) is 0 Å². The maximum absolute atomic E-state index is 13.4. The van der Waals surface area contributed by atoms with Crippen LogP contribution in [0.25, 0.3) is 17.0 Å². The number of aryl methyl sites for hydroxylation is 1. The predicted octanol–water partition coefficient (Wildman–Crippen LogP) is 5.12. The number of carbonyl (C=O) groups is 1. The first-order chi connectivity index (χ1) is 12.4. The molecular weight excluding hydrogens is 320 g/mol.